The van der Waals surface area contributed by atoms with Crippen molar-refractivity contribution in [1.82, 2.24) is 5.32 Å². The van der Waals surface area contributed by atoms with Crippen LogP contribution in [0.15, 0.2) is 42.5 Å². The summed E-state index contributed by atoms with van der Waals surface area (Å²) in [4.78, 5) is 12.1. The van der Waals surface area contributed by atoms with Crippen molar-refractivity contribution in [2.24, 2.45) is 5.73 Å². The molecular formula is C17H17FN2O. The number of benzene rings is 2. The molecule has 2 aromatic rings. The Morgan fingerprint density at radius 2 is 1.81 bits per heavy atom. The number of fused-ring (bicyclic) bond motifs is 1. The first-order valence-corrected chi connectivity index (χ1v) is 7.07. The Kier molecular flexibility index (Phi) is 3.71. The normalized spacial score (nSPS) is 15.8. The van der Waals surface area contributed by atoms with E-state index in [1.807, 2.05) is 18.2 Å². The second-order valence-electron chi connectivity index (χ2n) is 5.31. The SMILES string of the molecule is NC(c1ccc(F)cc1)c1ccc2c(c1)C(=O)NCCC2. The summed E-state index contributed by atoms with van der Waals surface area (Å²) in [7, 11) is 0. The van der Waals surface area contributed by atoms with Crippen LogP contribution in [0.4, 0.5) is 4.39 Å². The zero-order valence-electron chi connectivity index (χ0n) is 11.6. The third kappa shape index (κ3) is 2.81. The molecule has 1 aliphatic rings. The molecule has 3 nitrogen and oxygen atoms in total. The summed E-state index contributed by atoms with van der Waals surface area (Å²) >= 11 is 0. The number of carbonyl (C=O) groups excluding carboxylic acids is 1. The molecule has 0 radical (unpaired) electrons. The van der Waals surface area contributed by atoms with E-state index in [4.69, 9.17) is 5.73 Å². The average molecular weight is 284 g/mol. The first-order chi connectivity index (χ1) is 10.1. The molecule has 1 aliphatic heterocycles. The first-order valence-electron chi connectivity index (χ1n) is 7.07. The lowest BCUT2D eigenvalue weighted by molar-refractivity contribution is 0.0956. The van der Waals surface area contributed by atoms with E-state index in [2.05, 4.69) is 5.32 Å². The fraction of sp³-hybridized carbons (Fsp3) is 0.235. The largest absolute Gasteiger partial charge is 0.352 e. The number of aryl methyl sites for hydroxylation is 1. The second kappa shape index (κ2) is 5.66. The maximum absolute atomic E-state index is 13.0. The van der Waals surface area contributed by atoms with E-state index < -0.39 is 0 Å². The van der Waals surface area contributed by atoms with Crippen LogP contribution in [0.5, 0.6) is 0 Å². The first kappa shape index (κ1) is 13.8. The van der Waals surface area contributed by atoms with Crippen LogP contribution in [0.2, 0.25) is 0 Å². The van der Waals surface area contributed by atoms with E-state index in [0.29, 0.717) is 12.1 Å². The van der Waals surface area contributed by atoms with Gasteiger partial charge in [0.25, 0.3) is 5.91 Å². The topological polar surface area (TPSA) is 55.1 Å². The zero-order chi connectivity index (χ0) is 14.8. The van der Waals surface area contributed by atoms with Gasteiger partial charge in [0.05, 0.1) is 6.04 Å². The van der Waals surface area contributed by atoms with Crippen LogP contribution in [0.25, 0.3) is 0 Å². The van der Waals surface area contributed by atoms with Crippen molar-refractivity contribution in [3.63, 3.8) is 0 Å². The minimum absolute atomic E-state index is 0.0457. The van der Waals surface area contributed by atoms with Gasteiger partial charge < -0.3 is 11.1 Å². The Bertz CT molecular complexity index is 667. The minimum atomic E-state index is -0.369. The standard InChI is InChI=1S/C17H17FN2O/c18-14-7-5-12(6-8-14)16(19)13-4-3-11-2-1-9-20-17(21)15(11)10-13/h3-8,10,16H,1-2,9,19H2,(H,20,21). The Labute approximate surface area is 123 Å². The summed E-state index contributed by atoms with van der Waals surface area (Å²) < 4.78 is 13.0. The highest BCUT2D eigenvalue weighted by Crippen LogP contribution is 2.24. The smallest absolute Gasteiger partial charge is 0.251 e. The number of amides is 1. The van der Waals surface area contributed by atoms with Gasteiger partial charge in [-0.1, -0.05) is 24.3 Å². The van der Waals surface area contributed by atoms with Gasteiger partial charge in [0.1, 0.15) is 5.82 Å². The monoisotopic (exact) mass is 284 g/mol. The summed E-state index contributed by atoms with van der Waals surface area (Å²) in [5.74, 6) is -0.331. The van der Waals surface area contributed by atoms with E-state index in [1.54, 1.807) is 12.1 Å². The van der Waals surface area contributed by atoms with E-state index >= 15 is 0 Å². The molecule has 21 heavy (non-hydrogen) atoms. The Balaban J connectivity index is 1.96. The molecule has 1 atom stereocenters. The van der Waals surface area contributed by atoms with Crippen molar-refractivity contribution < 1.29 is 9.18 Å². The lowest BCUT2D eigenvalue weighted by Gasteiger charge is -2.15. The number of nitrogens with two attached hydrogens (primary N) is 1. The van der Waals surface area contributed by atoms with Gasteiger partial charge in [-0.3, -0.25) is 4.79 Å². The predicted molar refractivity (Wildman–Crippen MR) is 79.5 cm³/mol. The maximum atomic E-state index is 13.0. The summed E-state index contributed by atoms with van der Waals surface area (Å²) in [5.41, 5.74) is 9.67. The van der Waals surface area contributed by atoms with Gasteiger partial charge in [-0.05, 0) is 47.7 Å². The molecule has 0 saturated heterocycles. The van der Waals surface area contributed by atoms with Gasteiger partial charge in [0.2, 0.25) is 0 Å². The molecule has 3 N–H and O–H groups in total. The summed E-state index contributed by atoms with van der Waals surface area (Å²) in [6.07, 6.45) is 1.84. The van der Waals surface area contributed by atoms with Crippen molar-refractivity contribution in [1.29, 1.82) is 0 Å². The zero-order valence-corrected chi connectivity index (χ0v) is 11.6. The Morgan fingerprint density at radius 1 is 1.10 bits per heavy atom. The number of hydrogen-bond acceptors (Lipinski definition) is 2. The van der Waals surface area contributed by atoms with Crippen LogP contribution >= 0.6 is 0 Å². The number of nitrogens with one attached hydrogen (secondary N) is 1. The molecule has 1 unspecified atom stereocenters. The average Bonchev–Trinajstić information content (AvgIpc) is 2.69. The van der Waals surface area contributed by atoms with Gasteiger partial charge in [-0.25, -0.2) is 4.39 Å². The van der Waals surface area contributed by atoms with Crippen LogP contribution in [-0.4, -0.2) is 12.5 Å². The van der Waals surface area contributed by atoms with E-state index in [0.717, 1.165) is 29.5 Å². The molecule has 2 aromatic carbocycles. The molecule has 3 rings (SSSR count). The third-order valence-corrected chi connectivity index (χ3v) is 3.88. The highest BCUT2D eigenvalue weighted by atomic mass is 19.1. The number of rotatable bonds is 2. The fourth-order valence-corrected chi connectivity index (χ4v) is 2.66. The van der Waals surface area contributed by atoms with Crippen molar-refractivity contribution in [3.05, 3.63) is 70.5 Å². The van der Waals surface area contributed by atoms with Crippen molar-refractivity contribution in [2.45, 2.75) is 18.9 Å². The summed E-state index contributed by atoms with van der Waals surface area (Å²) in [6, 6.07) is 11.5. The molecule has 1 heterocycles. The molecule has 4 heteroatoms. The molecule has 0 spiro atoms. The van der Waals surface area contributed by atoms with Crippen molar-refractivity contribution in [3.8, 4) is 0 Å². The summed E-state index contributed by atoms with van der Waals surface area (Å²) in [6.45, 7) is 0.701. The Morgan fingerprint density at radius 3 is 2.57 bits per heavy atom. The Hall–Kier alpha value is -2.20. The van der Waals surface area contributed by atoms with Crippen LogP contribution in [-0.2, 0) is 6.42 Å². The molecule has 108 valence electrons. The van der Waals surface area contributed by atoms with Gasteiger partial charge in [0, 0.05) is 12.1 Å². The third-order valence-electron chi connectivity index (χ3n) is 3.88. The molecule has 0 saturated carbocycles. The highest BCUT2D eigenvalue weighted by molar-refractivity contribution is 5.96. The van der Waals surface area contributed by atoms with Crippen LogP contribution < -0.4 is 11.1 Å². The van der Waals surface area contributed by atoms with Gasteiger partial charge in [0.15, 0.2) is 0 Å². The number of carbonyl (C=O) groups is 1. The van der Waals surface area contributed by atoms with E-state index in [1.165, 1.54) is 12.1 Å². The maximum Gasteiger partial charge on any atom is 0.251 e. The van der Waals surface area contributed by atoms with Gasteiger partial charge in [-0.15, -0.1) is 0 Å². The van der Waals surface area contributed by atoms with Gasteiger partial charge >= 0.3 is 0 Å². The lowest BCUT2D eigenvalue weighted by atomic mass is 9.94. The summed E-state index contributed by atoms with van der Waals surface area (Å²) in [5, 5.41) is 2.88. The quantitative estimate of drug-likeness (QED) is 0.890. The van der Waals surface area contributed by atoms with E-state index in [-0.39, 0.29) is 17.8 Å². The van der Waals surface area contributed by atoms with Crippen LogP contribution in [0.1, 0.15) is 39.5 Å². The van der Waals surface area contributed by atoms with Crippen molar-refractivity contribution in [2.75, 3.05) is 6.54 Å². The van der Waals surface area contributed by atoms with E-state index in [9.17, 15) is 9.18 Å². The molecule has 0 bridgehead atoms. The predicted octanol–water partition coefficient (Wildman–Crippen LogP) is 2.55. The second-order valence-corrected chi connectivity index (χ2v) is 5.31. The minimum Gasteiger partial charge on any atom is -0.352 e. The molecule has 0 aliphatic carbocycles. The number of hydrogen-bond donors (Lipinski definition) is 2. The van der Waals surface area contributed by atoms with Crippen LogP contribution in [0.3, 0.4) is 0 Å². The highest BCUT2D eigenvalue weighted by Gasteiger charge is 2.17. The number of halogens is 1. The molecule has 0 aromatic heterocycles. The lowest BCUT2D eigenvalue weighted by Crippen LogP contribution is -2.23. The van der Waals surface area contributed by atoms with Crippen molar-refractivity contribution >= 4 is 5.91 Å². The fourth-order valence-electron chi connectivity index (χ4n) is 2.66. The molecule has 1 amide bonds. The molecular weight excluding hydrogens is 267 g/mol. The van der Waals surface area contributed by atoms with Crippen LogP contribution in [0, 0.1) is 5.82 Å². The van der Waals surface area contributed by atoms with Gasteiger partial charge in [-0.2, -0.15) is 0 Å². The molecule has 0 fully saturated rings.